The van der Waals surface area contributed by atoms with Gasteiger partial charge in [0, 0.05) is 13.1 Å². The Balaban J connectivity index is 2.43. The molecule has 1 aromatic carbocycles. The fourth-order valence-electron chi connectivity index (χ4n) is 1.76. The minimum absolute atomic E-state index is 0.242. The molecule has 0 aromatic heterocycles. The zero-order valence-corrected chi connectivity index (χ0v) is 11.9. The summed E-state index contributed by atoms with van der Waals surface area (Å²) in [6.07, 6.45) is 1.76. The number of rotatable bonds is 6. The summed E-state index contributed by atoms with van der Waals surface area (Å²) in [6.45, 7) is 5.15. The first-order valence-corrected chi connectivity index (χ1v) is 6.64. The second-order valence-corrected chi connectivity index (χ2v) is 5.49. The lowest BCUT2D eigenvalue weighted by molar-refractivity contribution is 0.0498. The molecular weight excluding hydrogens is 282 g/mol. The highest BCUT2D eigenvalue weighted by atomic mass is 79.9. The molecule has 4 heteroatoms. The third kappa shape index (κ3) is 5.06. The standard InChI is InChI=1S/C13H20BrNO2/c1-3-6-13(2,17)9-15-8-10-4-5-12(16)11(14)7-10/h4-5,7,15-17H,3,6,8-9H2,1-2H3. The average Bonchev–Trinajstić information content (AvgIpc) is 2.23. The van der Waals surface area contributed by atoms with Crippen molar-refractivity contribution < 1.29 is 10.2 Å². The molecule has 3 N–H and O–H groups in total. The van der Waals surface area contributed by atoms with Crippen molar-refractivity contribution in [2.24, 2.45) is 0 Å². The molecule has 1 rings (SSSR count). The van der Waals surface area contributed by atoms with Gasteiger partial charge in [0.1, 0.15) is 5.75 Å². The zero-order chi connectivity index (χ0) is 12.9. The largest absolute Gasteiger partial charge is 0.507 e. The molecule has 96 valence electrons. The second-order valence-electron chi connectivity index (χ2n) is 4.64. The first-order valence-electron chi connectivity index (χ1n) is 5.85. The molecule has 0 radical (unpaired) electrons. The van der Waals surface area contributed by atoms with Crippen LogP contribution in [0.5, 0.6) is 5.75 Å². The van der Waals surface area contributed by atoms with Crippen LogP contribution in [0.15, 0.2) is 22.7 Å². The molecule has 17 heavy (non-hydrogen) atoms. The van der Waals surface area contributed by atoms with E-state index in [1.165, 1.54) is 0 Å². The maximum absolute atomic E-state index is 9.98. The molecule has 0 fully saturated rings. The number of phenolic OH excluding ortho intramolecular Hbond substituents is 1. The van der Waals surface area contributed by atoms with E-state index in [4.69, 9.17) is 0 Å². The predicted octanol–water partition coefficient (Wildman–Crippen LogP) is 2.80. The molecule has 0 saturated heterocycles. The van der Waals surface area contributed by atoms with E-state index in [1.54, 1.807) is 6.07 Å². The van der Waals surface area contributed by atoms with Crippen LogP contribution in [-0.4, -0.2) is 22.4 Å². The van der Waals surface area contributed by atoms with Gasteiger partial charge in [0.05, 0.1) is 10.1 Å². The molecule has 0 aliphatic carbocycles. The Labute approximate surface area is 111 Å². The van der Waals surface area contributed by atoms with Crippen LogP contribution in [0.3, 0.4) is 0 Å². The zero-order valence-electron chi connectivity index (χ0n) is 10.3. The maximum Gasteiger partial charge on any atom is 0.129 e. The summed E-state index contributed by atoms with van der Waals surface area (Å²) in [5.41, 5.74) is 0.421. The van der Waals surface area contributed by atoms with Crippen LogP contribution in [0.25, 0.3) is 0 Å². The number of benzene rings is 1. The molecule has 0 spiro atoms. The summed E-state index contributed by atoms with van der Waals surface area (Å²) in [6, 6.07) is 5.39. The summed E-state index contributed by atoms with van der Waals surface area (Å²) < 4.78 is 0.692. The Kier molecular flexibility index (Phi) is 5.43. The van der Waals surface area contributed by atoms with Crippen LogP contribution in [-0.2, 0) is 6.54 Å². The van der Waals surface area contributed by atoms with Crippen molar-refractivity contribution in [1.29, 1.82) is 0 Å². The van der Waals surface area contributed by atoms with Crippen molar-refractivity contribution in [3.8, 4) is 5.75 Å². The van der Waals surface area contributed by atoms with Crippen molar-refractivity contribution >= 4 is 15.9 Å². The van der Waals surface area contributed by atoms with Gasteiger partial charge in [-0.2, -0.15) is 0 Å². The number of hydrogen-bond donors (Lipinski definition) is 3. The molecule has 0 aliphatic rings. The number of phenols is 1. The summed E-state index contributed by atoms with van der Waals surface area (Å²) in [5, 5.41) is 22.6. The quantitative estimate of drug-likeness (QED) is 0.757. The maximum atomic E-state index is 9.98. The summed E-state index contributed by atoms with van der Waals surface area (Å²) in [5.74, 6) is 0.242. The number of nitrogens with one attached hydrogen (secondary N) is 1. The van der Waals surface area contributed by atoms with Crippen LogP contribution in [0, 0.1) is 0 Å². The van der Waals surface area contributed by atoms with Gasteiger partial charge >= 0.3 is 0 Å². The highest BCUT2D eigenvalue weighted by Gasteiger charge is 2.17. The number of aliphatic hydroxyl groups is 1. The number of aromatic hydroxyl groups is 1. The van der Waals surface area contributed by atoms with Gasteiger partial charge in [0.25, 0.3) is 0 Å². The average molecular weight is 302 g/mol. The van der Waals surface area contributed by atoms with Crippen molar-refractivity contribution in [2.75, 3.05) is 6.54 Å². The molecule has 0 saturated carbocycles. The number of hydrogen-bond acceptors (Lipinski definition) is 3. The van der Waals surface area contributed by atoms with Crippen molar-refractivity contribution in [3.63, 3.8) is 0 Å². The van der Waals surface area contributed by atoms with Gasteiger partial charge in [-0.15, -0.1) is 0 Å². The Bertz CT molecular complexity index is 366. The molecule has 3 nitrogen and oxygen atoms in total. The third-order valence-electron chi connectivity index (χ3n) is 2.64. The first-order chi connectivity index (χ1) is 7.94. The minimum Gasteiger partial charge on any atom is -0.507 e. The van der Waals surface area contributed by atoms with Gasteiger partial charge in [-0.05, 0) is 47.0 Å². The lowest BCUT2D eigenvalue weighted by atomic mass is 10.0. The van der Waals surface area contributed by atoms with Gasteiger partial charge in [-0.3, -0.25) is 0 Å². The Hall–Kier alpha value is -0.580. The highest BCUT2D eigenvalue weighted by molar-refractivity contribution is 9.10. The SMILES string of the molecule is CCCC(C)(O)CNCc1ccc(O)c(Br)c1. The van der Waals surface area contributed by atoms with Crippen LogP contribution >= 0.6 is 15.9 Å². The topological polar surface area (TPSA) is 52.5 Å². The highest BCUT2D eigenvalue weighted by Crippen LogP contribution is 2.24. The second kappa shape index (κ2) is 6.38. The molecular formula is C13H20BrNO2. The van der Waals surface area contributed by atoms with E-state index in [-0.39, 0.29) is 5.75 Å². The van der Waals surface area contributed by atoms with Gasteiger partial charge in [0.2, 0.25) is 0 Å². The normalized spacial score (nSPS) is 14.6. The monoisotopic (exact) mass is 301 g/mol. The van der Waals surface area contributed by atoms with E-state index >= 15 is 0 Å². The van der Waals surface area contributed by atoms with Crippen LogP contribution in [0.4, 0.5) is 0 Å². The van der Waals surface area contributed by atoms with Crippen molar-refractivity contribution in [1.82, 2.24) is 5.32 Å². The summed E-state index contributed by atoms with van der Waals surface area (Å²) >= 11 is 3.28. The Morgan fingerprint density at radius 3 is 2.71 bits per heavy atom. The lowest BCUT2D eigenvalue weighted by Gasteiger charge is -2.23. The van der Waals surface area contributed by atoms with E-state index in [0.717, 1.165) is 18.4 Å². The van der Waals surface area contributed by atoms with Crippen LogP contribution in [0.2, 0.25) is 0 Å². The van der Waals surface area contributed by atoms with Crippen molar-refractivity contribution in [3.05, 3.63) is 28.2 Å². The third-order valence-corrected chi connectivity index (χ3v) is 3.27. The van der Waals surface area contributed by atoms with E-state index in [2.05, 4.69) is 28.2 Å². The summed E-state index contributed by atoms with van der Waals surface area (Å²) in [4.78, 5) is 0. The molecule has 1 aromatic rings. The fourth-order valence-corrected chi connectivity index (χ4v) is 2.19. The molecule has 0 amide bonds. The fraction of sp³-hybridized carbons (Fsp3) is 0.538. The van der Waals surface area contributed by atoms with Crippen LogP contribution < -0.4 is 5.32 Å². The molecule has 0 bridgehead atoms. The molecule has 0 aliphatic heterocycles. The Morgan fingerprint density at radius 1 is 1.41 bits per heavy atom. The van der Waals surface area contributed by atoms with Crippen molar-refractivity contribution in [2.45, 2.75) is 38.8 Å². The molecule has 0 heterocycles. The van der Waals surface area contributed by atoms with Gasteiger partial charge in [-0.25, -0.2) is 0 Å². The predicted molar refractivity (Wildman–Crippen MR) is 73.0 cm³/mol. The van der Waals surface area contributed by atoms with Gasteiger partial charge in [0.15, 0.2) is 0 Å². The summed E-state index contributed by atoms with van der Waals surface area (Å²) in [7, 11) is 0. The molecule has 1 atom stereocenters. The van der Waals surface area contributed by atoms with E-state index in [9.17, 15) is 10.2 Å². The lowest BCUT2D eigenvalue weighted by Crippen LogP contribution is -2.37. The minimum atomic E-state index is -0.650. The van der Waals surface area contributed by atoms with Gasteiger partial charge in [-0.1, -0.05) is 19.4 Å². The van der Waals surface area contributed by atoms with E-state index in [0.29, 0.717) is 17.6 Å². The molecule has 1 unspecified atom stereocenters. The van der Waals surface area contributed by atoms with E-state index in [1.807, 2.05) is 19.1 Å². The Morgan fingerprint density at radius 2 is 2.12 bits per heavy atom. The first kappa shape index (κ1) is 14.5. The van der Waals surface area contributed by atoms with E-state index < -0.39 is 5.60 Å². The van der Waals surface area contributed by atoms with Crippen LogP contribution in [0.1, 0.15) is 32.3 Å². The smallest absolute Gasteiger partial charge is 0.129 e. The number of halogens is 1. The van der Waals surface area contributed by atoms with Gasteiger partial charge < -0.3 is 15.5 Å².